The van der Waals surface area contributed by atoms with Gasteiger partial charge in [-0.15, -0.1) is 0 Å². The number of halogens is 2. The van der Waals surface area contributed by atoms with Crippen molar-refractivity contribution in [1.82, 2.24) is 19.4 Å². The van der Waals surface area contributed by atoms with Gasteiger partial charge in [0.25, 0.3) is 0 Å². The second-order valence-electron chi connectivity index (χ2n) is 12.3. The Morgan fingerprint density at radius 1 is 1.07 bits per heavy atom. The predicted octanol–water partition coefficient (Wildman–Crippen LogP) is 4.55. The molecule has 10 nitrogen and oxygen atoms in total. The first-order valence-electron chi connectivity index (χ1n) is 14.8. The molecule has 0 radical (unpaired) electrons. The van der Waals surface area contributed by atoms with Gasteiger partial charge in [0.1, 0.15) is 17.4 Å². The minimum Gasteiger partial charge on any atom is -0.467 e. The molecule has 0 bridgehead atoms. The summed E-state index contributed by atoms with van der Waals surface area (Å²) in [7, 11) is -2.15. The Morgan fingerprint density at radius 3 is 2.49 bits per heavy atom. The van der Waals surface area contributed by atoms with Crippen molar-refractivity contribution in [3.63, 3.8) is 0 Å². The minimum atomic E-state index is -4.25. The third-order valence-corrected chi connectivity index (χ3v) is 10.3. The number of H-pyrrole nitrogens is 1. The Bertz CT molecular complexity index is 1790. The summed E-state index contributed by atoms with van der Waals surface area (Å²) in [6.45, 7) is 7.67. The van der Waals surface area contributed by atoms with E-state index in [4.69, 9.17) is 4.42 Å². The van der Waals surface area contributed by atoms with Crippen LogP contribution in [0.25, 0.3) is 0 Å². The fourth-order valence-electron chi connectivity index (χ4n) is 6.06. The number of aromatic amines is 1. The van der Waals surface area contributed by atoms with E-state index in [1.165, 1.54) is 4.31 Å². The number of likely N-dealkylation sites (N-methyl/N-ethyl adjacent to an activating group) is 1. The van der Waals surface area contributed by atoms with E-state index in [0.717, 1.165) is 49.8 Å². The molecule has 2 aliphatic heterocycles. The van der Waals surface area contributed by atoms with Gasteiger partial charge < -0.3 is 19.5 Å². The molecule has 0 aliphatic carbocycles. The van der Waals surface area contributed by atoms with Crippen LogP contribution in [0.1, 0.15) is 46.9 Å². The number of sulfonamides is 1. The first kappa shape index (κ1) is 30.9. The van der Waals surface area contributed by atoms with Crippen LogP contribution < -0.4 is 10.2 Å². The number of benzene rings is 2. The highest BCUT2D eigenvalue weighted by Crippen LogP contribution is 2.37. The number of ketones is 1. The van der Waals surface area contributed by atoms with Crippen molar-refractivity contribution in [1.29, 1.82) is 0 Å². The molecule has 1 fully saturated rings. The van der Waals surface area contributed by atoms with E-state index in [0.29, 0.717) is 40.8 Å². The molecule has 2 aromatic carbocycles. The average Bonchev–Trinajstić information content (AvgIpc) is 3.66. The molecule has 2 N–H and O–H groups in total. The third-order valence-electron chi connectivity index (χ3n) is 8.52. The Balaban J connectivity index is 1.28. The molecule has 4 heterocycles. The summed E-state index contributed by atoms with van der Waals surface area (Å²) in [5.41, 5.74) is 3.16. The summed E-state index contributed by atoms with van der Waals surface area (Å²) < 4.78 is 61.7. The van der Waals surface area contributed by atoms with Gasteiger partial charge >= 0.3 is 0 Å². The van der Waals surface area contributed by atoms with Crippen LogP contribution >= 0.6 is 0 Å². The molecule has 0 atom stereocenters. The fourth-order valence-corrected chi connectivity index (χ4v) is 7.67. The average molecular weight is 639 g/mol. The monoisotopic (exact) mass is 638 g/mol. The van der Waals surface area contributed by atoms with Crippen molar-refractivity contribution in [3.05, 3.63) is 94.7 Å². The Morgan fingerprint density at radius 2 is 1.80 bits per heavy atom. The Labute approximate surface area is 261 Å². The molecule has 13 heteroatoms. The van der Waals surface area contributed by atoms with Crippen molar-refractivity contribution < 1.29 is 26.4 Å². The molecule has 6 rings (SSSR count). The molecule has 1 saturated heterocycles. The van der Waals surface area contributed by atoms with Gasteiger partial charge in [-0.2, -0.15) is 9.40 Å². The summed E-state index contributed by atoms with van der Waals surface area (Å²) in [6.07, 6.45) is 1.55. The molecule has 0 unspecified atom stereocenters. The summed E-state index contributed by atoms with van der Waals surface area (Å²) in [4.78, 5) is 18.0. The van der Waals surface area contributed by atoms with Crippen molar-refractivity contribution in [2.45, 2.75) is 43.7 Å². The lowest BCUT2D eigenvalue weighted by molar-refractivity contribution is 0.0992. The maximum atomic E-state index is 14.0. The van der Waals surface area contributed by atoms with Crippen molar-refractivity contribution >= 4 is 27.2 Å². The topological polar surface area (TPSA) is 115 Å². The number of hydrogen-bond donors (Lipinski definition) is 2. The number of Topliss-reactive ketones (excluding diaryl/α,β-unsaturated/α-hetero) is 1. The van der Waals surface area contributed by atoms with Crippen molar-refractivity contribution in [3.8, 4) is 0 Å². The van der Waals surface area contributed by atoms with Crippen LogP contribution in [0.5, 0.6) is 0 Å². The number of aromatic nitrogens is 2. The summed E-state index contributed by atoms with van der Waals surface area (Å²) in [5, 5.41) is 10.8. The van der Waals surface area contributed by atoms with E-state index in [9.17, 15) is 22.0 Å². The van der Waals surface area contributed by atoms with Crippen LogP contribution in [0.15, 0.2) is 64.1 Å². The number of carbonyl (C=O) groups is 1. The smallest absolute Gasteiger partial charge is 0.243 e. The number of rotatable bonds is 9. The molecule has 0 spiro atoms. The number of furan rings is 1. The van der Waals surface area contributed by atoms with Gasteiger partial charge in [0.15, 0.2) is 5.78 Å². The SMILES string of the molecule is CN1CCN(c2ccc(C(=O)Cc3[nH]nc4c3CN(S(=O)(=O)c3cc(F)cc(F)c3)CC4(C)C)c(NCc3ccco3)c2)CC1. The van der Waals surface area contributed by atoms with Crippen LogP contribution in [0.4, 0.5) is 20.2 Å². The molecular weight excluding hydrogens is 602 g/mol. The highest BCUT2D eigenvalue weighted by Gasteiger charge is 2.41. The predicted molar refractivity (Wildman–Crippen MR) is 166 cm³/mol. The van der Waals surface area contributed by atoms with Gasteiger partial charge in [-0.1, -0.05) is 13.8 Å². The largest absolute Gasteiger partial charge is 0.467 e. The maximum absolute atomic E-state index is 14.0. The van der Waals surface area contributed by atoms with Crippen LogP contribution in [-0.2, 0) is 34.9 Å². The van der Waals surface area contributed by atoms with Gasteiger partial charge in [0.2, 0.25) is 10.0 Å². The van der Waals surface area contributed by atoms with Crippen LogP contribution in [0.2, 0.25) is 0 Å². The van der Waals surface area contributed by atoms with E-state index in [1.54, 1.807) is 12.3 Å². The number of piperazine rings is 1. The molecule has 2 aromatic heterocycles. The van der Waals surface area contributed by atoms with Crippen LogP contribution in [0.3, 0.4) is 0 Å². The van der Waals surface area contributed by atoms with Crippen LogP contribution in [0, 0.1) is 11.6 Å². The minimum absolute atomic E-state index is 0.0489. The van der Waals surface area contributed by atoms with E-state index >= 15 is 0 Å². The Kier molecular flexibility index (Phi) is 8.27. The first-order chi connectivity index (χ1) is 21.4. The quantitative estimate of drug-likeness (QED) is 0.257. The standard InChI is InChI=1S/C32H36F2N6O4S/c1-32(2)20-40(45(42,43)25-14-21(33)13-22(34)15-25)19-27-29(36-37-31(27)32)17-30(41)26-7-6-23(39-10-8-38(3)9-11-39)16-28(26)35-18-24-5-4-12-44-24/h4-7,12-16,35H,8-11,17-20H2,1-3H3,(H,36,37). The number of fused-ring (bicyclic) bond motifs is 1. The fraction of sp³-hybridized carbons (Fsp3) is 0.375. The lowest BCUT2D eigenvalue weighted by Crippen LogP contribution is -2.45. The zero-order valence-corrected chi connectivity index (χ0v) is 26.3. The third kappa shape index (κ3) is 6.37. The zero-order chi connectivity index (χ0) is 31.9. The number of carbonyl (C=O) groups excluding carboxylic acids is 1. The maximum Gasteiger partial charge on any atom is 0.243 e. The van der Waals surface area contributed by atoms with Gasteiger partial charge in [-0.25, -0.2) is 17.2 Å². The molecule has 238 valence electrons. The van der Waals surface area contributed by atoms with Crippen molar-refractivity contribution in [2.24, 2.45) is 0 Å². The van der Waals surface area contributed by atoms with E-state index < -0.39 is 32.0 Å². The van der Waals surface area contributed by atoms with Gasteiger partial charge in [-0.3, -0.25) is 9.89 Å². The van der Waals surface area contributed by atoms with E-state index in [1.807, 2.05) is 38.1 Å². The first-order valence-corrected chi connectivity index (χ1v) is 16.2. The summed E-state index contributed by atoms with van der Waals surface area (Å²) >= 11 is 0. The second kappa shape index (κ2) is 12.0. The molecule has 45 heavy (non-hydrogen) atoms. The highest BCUT2D eigenvalue weighted by molar-refractivity contribution is 7.89. The van der Waals surface area contributed by atoms with Gasteiger partial charge in [0, 0.05) is 78.9 Å². The summed E-state index contributed by atoms with van der Waals surface area (Å²) in [6, 6.07) is 11.7. The number of nitrogens with zero attached hydrogens (tertiary/aromatic N) is 4. The van der Waals surface area contributed by atoms with E-state index in [-0.39, 0.29) is 25.3 Å². The molecule has 2 aliphatic rings. The molecule has 0 saturated carbocycles. The summed E-state index contributed by atoms with van der Waals surface area (Å²) in [5.74, 6) is -1.41. The zero-order valence-electron chi connectivity index (χ0n) is 25.4. The lowest BCUT2D eigenvalue weighted by Gasteiger charge is -2.36. The van der Waals surface area contributed by atoms with Gasteiger partial charge in [0.05, 0.1) is 29.8 Å². The molecule has 0 amide bonds. The molecule has 4 aromatic rings. The normalized spacial score (nSPS) is 17.3. The van der Waals surface area contributed by atoms with E-state index in [2.05, 4.69) is 32.4 Å². The molecular formula is C32H36F2N6O4S. The number of anilines is 2. The Hall–Kier alpha value is -4.07. The number of nitrogens with one attached hydrogen (secondary N) is 2. The number of hydrogen-bond acceptors (Lipinski definition) is 8. The van der Waals surface area contributed by atoms with Crippen molar-refractivity contribution in [2.75, 3.05) is 50.0 Å². The highest BCUT2D eigenvalue weighted by atomic mass is 32.2. The van der Waals surface area contributed by atoms with Gasteiger partial charge in [-0.05, 0) is 49.5 Å². The second-order valence-corrected chi connectivity index (χ2v) is 14.3. The lowest BCUT2D eigenvalue weighted by atomic mass is 9.83. The van der Waals surface area contributed by atoms with Crippen LogP contribution in [-0.4, -0.2) is 73.4 Å².